The molecular weight excluding hydrogens is 1520 g/mol. The molecule has 38 heteroatoms. The van der Waals surface area contributed by atoms with Gasteiger partial charge in [0.25, 0.3) is 22.7 Å². The Morgan fingerprint density at radius 2 is 0.730 bits per heavy atom. The average Bonchev–Trinajstić information content (AvgIpc) is 1.66. The zero-order chi connectivity index (χ0) is 83.1. The van der Waals surface area contributed by atoms with Crippen molar-refractivity contribution >= 4 is 170 Å². The number of hydrogen-bond donors (Lipinski definition) is 10. The number of carbonyl (C=O) groups excluding carboxylic acids is 4. The van der Waals surface area contributed by atoms with E-state index in [4.69, 9.17) is 43.7 Å². The summed E-state index contributed by atoms with van der Waals surface area (Å²) < 4.78 is 32.4. The summed E-state index contributed by atoms with van der Waals surface area (Å²) in [7, 11) is 0. The van der Waals surface area contributed by atoms with E-state index in [1.807, 2.05) is 12.1 Å². The van der Waals surface area contributed by atoms with E-state index < -0.39 is 127 Å². The summed E-state index contributed by atoms with van der Waals surface area (Å²) in [5.41, 5.74) is 10.9. The van der Waals surface area contributed by atoms with E-state index >= 15 is 0 Å². The van der Waals surface area contributed by atoms with Gasteiger partial charge in [0.05, 0.1) is 66.2 Å². The lowest BCUT2D eigenvalue weighted by Gasteiger charge is -2.20. The van der Waals surface area contributed by atoms with Crippen LogP contribution in [0.2, 0.25) is 0 Å². The van der Waals surface area contributed by atoms with Crippen molar-refractivity contribution in [3.63, 3.8) is 0 Å². The number of fused-ring (bicyclic) bond motifs is 12. The molecule has 0 aliphatic rings. The Bertz CT molecular complexity index is 5820. The lowest BCUT2D eigenvalue weighted by molar-refractivity contribution is -0.386. The summed E-state index contributed by atoms with van der Waals surface area (Å²) in [6.07, 6.45) is -3.77. The molecule has 12 N–H and O–H groups in total. The Hall–Kier alpha value is -14.5. The van der Waals surface area contributed by atoms with Crippen LogP contribution in [-0.2, 0) is 57.4 Å². The van der Waals surface area contributed by atoms with Gasteiger partial charge in [0.1, 0.15) is 80.4 Å². The van der Waals surface area contributed by atoms with Crippen LogP contribution in [0.15, 0.2) is 163 Å². The molecule has 0 radical (unpaired) electrons. The number of hydrogen-bond acceptors (Lipinski definition) is 28. The molecule has 6 unspecified atom stereocenters. The van der Waals surface area contributed by atoms with Gasteiger partial charge >= 0.3 is 47.8 Å². The third-order valence-electron chi connectivity index (χ3n) is 17.6. The van der Waals surface area contributed by atoms with Crippen LogP contribution < -0.4 is 22.1 Å². The number of nitrogens with two attached hydrogens (primary N) is 2. The Morgan fingerprint density at radius 3 is 1.04 bits per heavy atom. The van der Waals surface area contributed by atoms with Gasteiger partial charge in [-0.25, -0.2) is 9.59 Å². The third-order valence-corrected chi connectivity index (χ3v) is 17.6. The number of ether oxygens (including phenoxy) is 2. The van der Waals surface area contributed by atoms with Crippen LogP contribution in [0.3, 0.4) is 0 Å². The van der Waals surface area contributed by atoms with Gasteiger partial charge in [-0.05, 0) is 101 Å². The molecule has 0 saturated heterocycles. The number of nitrogens with zero attached hydrogens (tertiary/aromatic N) is 4. The predicted molar refractivity (Wildman–Crippen MR) is 407 cm³/mol. The first-order valence-electron chi connectivity index (χ1n) is 34.3. The molecule has 4 aromatic heterocycles. The first-order chi connectivity index (χ1) is 54.2. The molecule has 0 aliphatic heterocycles. The highest BCUT2D eigenvalue weighted by atomic mass is 16.6. The quantitative estimate of drug-likeness (QED) is 0.00810. The van der Waals surface area contributed by atoms with E-state index in [2.05, 4.69) is 10.6 Å². The van der Waals surface area contributed by atoms with Crippen molar-refractivity contribution in [1.29, 1.82) is 0 Å². The zero-order valence-electron chi connectivity index (χ0n) is 59.8. The summed E-state index contributed by atoms with van der Waals surface area (Å²) in [6.45, 7) is 3.23. The maximum absolute atomic E-state index is 12.0. The van der Waals surface area contributed by atoms with Crippen molar-refractivity contribution in [3.05, 3.63) is 208 Å². The molecule has 6 atom stereocenters. The summed E-state index contributed by atoms with van der Waals surface area (Å²) in [5.74, 6) is -10.6. The van der Waals surface area contributed by atoms with Crippen LogP contribution >= 0.6 is 0 Å². The normalized spacial score (nSPS) is 12.6. The average molecular weight is 1590 g/mol. The fourth-order valence-corrected chi connectivity index (χ4v) is 12.2. The number of Topliss-reactive ketones (excluding diaryl/α,β-unsaturated/α-hetero) is 2. The Balaban J connectivity index is 0.000000191. The van der Waals surface area contributed by atoms with E-state index in [0.717, 1.165) is 23.6 Å². The van der Waals surface area contributed by atoms with E-state index in [0.29, 0.717) is 84.9 Å². The largest absolute Gasteiger partial charge is 0.480 e. The monoisotopic (exact) mass is 1590 g/mol. The smallest absolute Gasteiger partial charge is 0.350 e. The van der Waals surface area contributed by atoms with Gasteiger partial charge in [0.2, 0.25) is 12.2 Å². The molecule has 8 aromatic carbocycles. The molecule has 4 heterocycles. The lowest BCUT2D eigenvalue weighted by atomic mass is 9.99. The molecular formula is C77H72N8O30. The number of para-hydroxylation sites is 4. The zero-order valence-corrected chi connectivity index (χ0v) is 59.8. The minimum atomic E-state index is -1.97. The summed E-state index contributed by atoms with van der Waals surface area (Å²) >= 11 is 0. The molecule has 0 aliphatic carbocycles. The van der Waals surface area contributed by atoms with Crippen molar-refractivity contribution in [2.75, 3.05) is 13.1 Å². The lowest BCUT2D eigenvalue weighted by Crippen LogP contribution is -2.42. The standard InChI is InChI=1S/C20H18N2O8.C19H16N2O9.C19H18N2O6.C18H16N2O7.CH4/c1-10(23)6-7-14(19(24)25)21-18(20(26)27)13-8-12-11-4-2-3-5-16(11)30-17(12)9-15(13)22(28)29;20-12(18(23)24)5-6-16(22)30-17(19(25)26)11-7-10-9-3-1-2-4-14(9)29-15(10)8-13(11)21(27)28;1-11(22)5-4-8-20-18(19(23)24)14-9-13-12-6-2-3-7-16(12)27-17(13)10-15(14)21(25)26;19-7-3-6-16(21)27-17(18(22)23)12-8-11-10-4-1-2-5-14(10)26-15(11)9-13(12)20(24)25;/h2-5,8-9,14,18,21H,6-7H2,1H3,(H,24,25)(H,26,27);1-4,7-8,12,17H,5-6,20H2,(H,23,24)(H,25,26);2-3,6-7,9-10,18,20H,4-5,8H2,1H3,(H,23,24);1-2,4-5,8-9,17H,3,6-7,19H2,(H,22,23);1H4. The first kappa shape index (κ1) is 86.1. The second kappa shape index (κ2) is 37.9. The van der Waals surface area contributed by atoms with Crippen molar-refractivity contribution < 1.29 is 125 Å². The molecule has 0 amide bonds. The number of furan rings is 4. The maximum Gasteiger partial charge on any atom is 0.350 e. The molecule has 600 valence electrons. The number of benzene rings is 8. The number of nitrogens with one attached hydrogen (secondary N) is 2. The molecule has 0 fully saturated rings. The Labute approximate surface area is 645 Å². The number of nitro benzene ring substituents is 4. The number of carboxylic acids is 6. The Morgan fingerprint density at radius 1 is 0.400 bits per heavy atom. The van der Waals surface area contributed by atoms with E-state index in [-0.39, 0.29) is 102 Å². The minimum absolute atomic E-state index is 0. The fourth-order valence-electron chi connectivity index (χ4n) is 12.2. The van der Waals surface area contributed by atoms with Crippen molar-refractivity contribution in [1.82, 2.24) is 10.6 Å². The number of carbonyl (C=O) groups is 10. The molecule has 38 nitrogen and oxygen atoms in total. The van der Waals surface area contributed by atoms with Crippen molar-refractivity contribution in [2.45, 2.75) is 109 Å². The van der Waals surface area contributed by atoms with Crippen LogP contribution in [0, 0.1) is 40.5 Å². The second-order valence-electron chi connectivity index (χ2n) is 25.4. The van der Waals surface area contributed by atoms with Gasteiger partial charge < -0.3 is 84.2 Å². The highest BCUT2D eigenvalue weighted by molar-refractivity contribution is 6.09. The number of carboxylic acid groups (broad SMARTS) is 6. The number of aliphatic carboxylic acids is 6. The SMILES string of the molecule is C.CC(=O)CCC(NC(C(=O)O)c1cc2c(cc1[N+](=O)[O-])oc1ccccc12)C(=O)O.CC(=O)CCCNC(C(=O)O)c1cc2c(cc1[N+](=O)[O-])oc1ccccc12.NC(CCC(=O)OC(C(=O)O)c1cc2c(cc1[N+](=O)[O-])oc1ccccc12)C(=O)O.NCCCC(=O)OC(C(=O)O)c1cc2c(cc1[N+](=O)[O-])oc1ccccc12. The summed E-state index contributed by atoms with van der Waals surface area (Å²) in [4.78, 5) is 159. The molecule has 115 heavy (non-hydrogen) atoms. The van der Waals surface area contributed by atoms with Gasteiger partial charge in [-0.1, -0.05) is 80.2 Å². The van der Waals surface area contributed by atoms with Crippen molar-refractivity contribution in [2.24, 2.45) is 11.5 Å². The van der Waals surface area contributed by atoms with Crippen LogP contribution in [-0.4, -0.2) is 135 Å². The second-order valence-corrected chi connectivity index (χ2v) is 25.4. The number of rotatable bonds is 32. The highest BCUT2D eigenvalue weighted by Gasteiger charge is 2.38. The fraction of sp³-hybridized carbons (Fsp3) is 0.247. The Kier molecular flexibility index (Phi) is 28.4. The van der Waals surface area contributed by atoms with E-state index in [1.54, 1.807) is 84.9 Å². The molecule has 12 rings (SSSR count). The summed E-state index contributed by atoms with van der Waals surface area (Å²) in [6, 6.07) is 32.1. The highest BCUT2D eigenvalue weighted by Crippen LogP contribution is 2.42. The summed E-state index contributed by atoms with van der Waals surface area (Å²) in [5, 5.41) is 113. The number of ketones is 2. The number of esters is 2. The van der Waals surface area contributed by atoms with Gasteiger partial charge in [-0.2, -0.15) is 0 Å². The van der Waals surface area contributed by atoms with Gasteiger partial charge in [0.15, 0.2) is 0 Å². The minimum Gasteiger partial charge on any atom is -0.480 e. The third kappa shape index (κ3) is 20.6. The van der Waals surface area contributed by atoms with Crippen LogP contribution in [0.25, 0.3) is 87.8 Å². The first-order valence-corrected chi connectivity index (χ1v) is 34.3. The van der Waals surface area contributed by atoms with Gasteiger partial charge in [0, 0.05) is 68.8 Å². The topological polar surface area (TPSA) is 612 Å². The van der Waals surface area contributed by atoms with Gasteiger partial charge in [-0.3, -0.25) is 74.5 Å². The number of nitro groups is 4. The van der Waals surface area contributed by atoms with Crippen LogP contribution in [0.1, 0.15) is 119 Å². The van der Waals surface area contributed by atoms with Crippen LogP contribution in [0.4, 0.5) is 22.7 Å². The van der Waals surface area contributed by atoms with E-state index in [1.165, 1.54) is 44.2 Å². The van der Waals surface area contributed by atoms with Crippen LogP contribution in [0.5, 0.6) is 0 Å². The molecule has 0 spiro atoms. The molecule has 0 bridgehead atoms. The van der Waals surface area contributed by atoms with Crippen molar-refractivity contribution in [3.8, 4) is 0 Å². The predicted octanol–water partition coefficient (Wildman–Crippen LogP) is 12.5. The van der Waals surface area contributed by atoms with E-state index in [9.17, 15) is 114 Å². The molecule has 12 aromatic rings. The van der Waals surface area contributed by atoms with Gasteiger partial charge in [-0.15, -0.1) is 0 Å². The molecule has 0 saturated carbocycles. The maximum atomic E-state index is 12.0.